The fourth-order valence-corrected chi connectivity index (χ4v) is 6.69. The number of amides is 1. The van der Waals surface area contributed by atoms with E-state index in [0.717, 1.165) is 23.3 Å². The highest BCUT2D eigenvalue weighted by molar-refractivity contribution is 7.16. The van der Waals surface area contributed by atoms with Crippen molar-refractivity contribution in [1.82, 2.24) is 4.90 Å². The molecule has 2 aromatic carbocycles. The molecule has 3 aromatic rings. The summed E-state index contributed by atoms with van der Waals surface area (Å²) in [6.07, 6.45) is 3.00. The number of carboxylic acid groups (broad SMARTS) is 1. The Balaban J connectivity index is 1.57. The number of ether oxygens (including phenoxy) is 4. The Morgan fingerprint density at radius 2 is 1.84 bits per heavy atom. The van der Waals surface area contributed by atoms with Crippen LogP contribution in [-0.4, -0.2) is 61.3 Å². The molecule has 0 aliphatic carbocycles. The fourth-order valence-electron chi connectivity index (χ4n) is 5.45. The molecule has 4 rings (SSSR count). The maximum absolute atomic E-state index is 13.9. The van der Waals surface area contributed by atoms with Gasteiger partial charge in [-0.25, -0.2) is 9.59 Å². The predicted octanol–water partition coefficient (Wildman–Crippen LogP) is 6.67. The van der Waals surface area contributed by atoms with E-state index in [1.165, 1.54) is 11.3 Å². The zero-order valence-corrected chi connectivity index (χ0v) is 26.7. The minimum atomic E-state index is -1.09. The standard InChI is InChI=1S/C33H38ClNO8S/c1-4-24(29-15-16-30(34)44-29)32(38)35-17-6-5-10-25(35)33(39)43-26(22-8-7-9-23(19-22)42-20-31(36)37)13-11-21-12-14-27(40-2)28(18-21)41-3/h7-9,12,14-16,18-19,24-26H,4-6,10-11,13,17,20H2,1-3H3,(H,36,37)/t24-,25+,26-/m1/s1. The maximum Gasteiger partial charge on any atom is 0.341 e. The maximum atomic E-state index is 13.9. The number of rotatable bonds is 14. The second kappa shape index (κ2) is 15.8. The Kier molecular flexibility index (Phi) is 11.9. The number of thiophene rings is 1. The van der Waals surface area contributed by atoms with Gasteiger partial charge in [-0.2, -0.15) is 0 Å². The number of carboxylic acids is 1. The molecule has 236 valence electrons. The van der Waals surface area contributed by atoms with E-state index in [0.29, 0.717) is 59.4 Å². The van der Waals surface area contributed by atoms with Crippen molar-refractivity contribution in [2.75, 3.05) is 27.4 Å². The van der Waals surface area contributed by atoms with Crippen LogP contribution in [0.3, 0.4) is 0 Å². The van der Waals surface area contributed by atoms with Crippen molar-refractivity contribution in [3.8, 4) is 17.2 Å². The van der Waals surface area contributed by atoms with Crippen LogP contribution in [0.4, 0.5) is 0 Å². The highest BCUT2D eigenvalue weighted by Crippen LogP contribution is 2.35. The van der Waals surface area contributed by atoms with E-state index < -0.39 is 30.7 Å². The van der Waals surface area contributed by atoms with Crippen LogP contribution >= 0.6 is 22.9 Å². The molecule has 0 saturated carbocycles. The molecule has 0 radical (unpaired) electrons. The summed E-state index contributed by atoms with van der Waals surface area (Å²) in [5.41, 5.74) is 1.62. The summed E-state index contributed by atoms with van der Waals surface area (Å²) in [4.78, 5) is 41.3. The van der Waals surface area contributed by atoms with E-state index in [1.54, 1.807) is 43.4 Å². The van der Waals surface area contributed by atoms with Gasteiger partial charge in [0.1, 0.15) is 17.9 Å². The average Bonchev–Trinajstić information content (AvgIpc) is 3.47. The molecule has 11 heteroatoms. The summed E-state index contributed by atoms with van der Waals surface area (Å²) in [5, 5.41) is 9.06. The molecular formula is C33H38ClNO8S. The second-order valence-corrected chi connectivity index (χ2v) is 12.3. The Bertz CT molecular complexity index is 1440. The van der Waals surface area contributed by atoms with Crippen molar-refractivity contribution in [2.45, 2.75) is 63.5 Å². The van der Waals surface area contributed by atoms with Gasteiger partial charge in [-0.1, -0.05) is 36.7 Å². The molecule has 1 aliphatic rings. The summed E-state index contributed by atoms with van der Waals surface area (Å²) < 4.78 is 23.0. The highest BCUT2D eigenvalue weighted by atomic mass is 35.5. The molecule has 1 saturated heterocycles. The van der Waals surface area contributed by atoms with E-state index in [4.69, 9.17) is 35.7 Å². The number of benzene rings is 2. The van der Waals surface area contributed by atoms with E-state index in [-0.39, 0.29) is 11.8 Å². The molecule has 1 N–H and O–H groups in total. The van der Waals surface area contributed by atoms with Crippen molar-refractivity contribution >= 4 is 40.8 Å². The minimum Gasteiger partial charge on any atom is -0.493 e. The number of likely N-dealkylation sites (tertiary alicyclic amines) is 1. The van der Waals surface area contributed by atoms with Gasteiger partial charge in [-0.15, -0.1) is 11.3 Å². The first-order valence-electron chi connectivity index (χ1n) is 14.7. The number of carbonyl (C=O) groups is 3. The Morgan fingerprint density at radius 3 is 2.52 bits per heavy atom. The van der Waals surface area contributed by atoms with E-state index in [9.17, 15) is 14.4 Å². The molecule has 1 fully saturated rings. The third kappa shape index (κ3) is 8.45. The first kappa shape index (κ1) is 33.1. The lowest BCUT2D eigenvalue weighted by molar-refractivity contribution is -0.162. The molecule has 0 spiro atoms. The second-order valence-electron chi connectivity index (χ2n) is 10.6. The van der Waals surface area contributed by atoms with Crippen molar-refractivity contribution in [3.63, 3.8) is 0 Å². The molecule has 9 nitrogen and oxygen atoms in total. The van der Waals surface area contributed by atoms with Crippen LogP contribution in [0.1, 0.15) is 67.1 Å². The van der Waals surface area contributed by atoms with Crippen LogP contribution in [0, 0.1) is 0 Å². The van der Waals surface area contributed by atoms with E-state index >= 15 is 0 Å². The van der Waals surface area contributed by atoms with Gasteiger partial charge in [-0.3, -0.25) is 4.79 Å². The van der Waals surface area contributed by atoms with E-state index in [2.05, 4.69) is 0 Å². The van der Waals surface area contributed by atoms with Crippen molar-refractivity contribution < 1.29 is 38.4 Å². The van der Waals surface area contributed by atoms with Crippen LogP contribution in [-0.2, 0) is 25.5 Å². The number of hydrogen-bond acceptors (Lipinski definition) is 8. The molecule has 1 amide bonds. The van der Waals surface area contributed by atoms with Crippen LogP contribution in [0.15, 0.2) is 54.6 Å². The van der Waals surface area contributed by atoms with Gasteiger partial charge in [0.05, 0.1) is 24.5 Å². The van der Waals surface area contributed by atoms with Crippen LogP contribution in [0.25, 0.3) is 0 Å². The first-order valence-corrected chi connectivity index (χ1v) is 15.8. The predicted molar refractivity (Wildman–Crippen MR) is 168 cm³/mol. The topological polar surface area (TPSA) is 112 Å². The van der Waals surface area contributed by atoms with Gasteiger partial charge in [0.15, 0.2) is 18.1 Å². The first-order chi connectivity index (χ1) is 21.2. The average molecular weight is 644 g/mol. The monoisotopic (exact) mass is 643 g/mol. The quantitative estimate of drug-likeness (QED) is 0.194. The molecule has 3 atom stereocenters. The van der Waals surface area contributed by atoms with Crippen LogP contribution < -0.4 is 14.2 Å². The number of nitrogens with zero attached hydrogens (tertiary/aromatic N) is 1. The van der Waals surface area contributed by atoms with Gasteiger partial charge in [0.25, 0.3) is 0 Å². The third-order valence-electron chi connectivity index (χ3n) is 7.70. The van der Waals surface area contributed by atoms with E-state index in [1.807, 2.05) is 37.3 Å². The number of piperidine rings is 1. The number of methoxy groups -OCH3 is 2. The molecule has 1 aliphatic heterocycles. The lowest BCUT2D eigenvalue weighted by atomic mass is 9.96. The molecule has 0 bridgehead atoms. The SMILES string of the molecule is CC[C@@H](C(=O)N1CCCC[C@H]1C(=O)O[C@H](CCc1ccc(OC)c(OC)c1)c1cccc(OCC(=O)O)c1)c1ccc(Cl)s1. The normalized spacial score (nSPS) is 16.1. The summed E-state index contributed by atoms with van der Waals surface area (Å²) in [6, 6.07) is 15.5. The number of aryl methyl sites for hydroxylation is 1. The Labute approximate surface area is 266 Å². The summed E-state index contributed by atoms with van der Waals surface area (Å²) in [7, 11) is 3.15. The lowest BCUT2D eigenvalue weighted by Crippen LogP contribution is -2.50. The highest BCUT2D eigenvalue weighted by Gasteiger charge is 2.38. The zero-order chi connectivity index (χ0) is 31.6. The summed E-state index contributed by atoms with van der Waals surface area (Å²) in [6.45, 7) is 1.94. The summed E-state index contributed by atoms with van der Waals surface area (Å²) >= 11 is 7.55. The van der Waals surface area contributed by atoms with Gasteiger partial charge >= 0.3 is 11.9 Å². The molecule has 0 unspecified atom stereocenters. The van der Waals surface area contributed by atoms with Crippen molar-refractivity contribution in [1.29, 1.82) is 0 Å². The molecular weight excluding hydrogens is 606 g/mol. The van der Waals surface area contributed by atoms with Gasteiger partial charge in [0, 0.05) is 11.4 Å². The molecule has 2 heterocycles. The fraction of sp³-hybridized carbons (Fsp3) is 0.424. The number of esters is 1. The summed E-state index contributed by atoms with van der Waals surface area (Å²) in [5.74, 6) is -0.484. The number of aliphatic carboxylic acids is 1. The van der Waals surface area contributed by atoms with Crippen molar-refractivity contribution in [3.05, 3.63) is 74.9 Å². The van der Waals surface area contributed by atoms with Crippen LogP contribution in [0.2, 0.25) is 4.34 Å². The molecule has 44 heavy (non-hydrogen) atoms. The number of halogens is 1. The largest absolute Gasteiger partial charge is 0.493 e. The third-order valence-corrected chi connectivity index (χ3v) is 9.04. The number of carbonyl (C=O) groups excluding carboxylic acids is 2. The Hall–Kier alpha value is -3.76. The molecule has 1 aromatic heterocycles. The Morgan fingerprint density at radius 1 is 1.05 bits per heavy atom. The van der Waals surface area contributed by atoms with Crippen LogP contribution in [0.5, 0.6) is 17.2 Å². The zero-order valence-electron chi connectivity index (χ0n) is 25.1. The minimum absolute atomic E-state index is 0.0985. The van der Waals surface area contributed by atoms with Gasteiger partial charge in [-0.05, 0) is 86.1 Å². The smallest absolute Gasteiger partial charge is 0.341 e. The van der Waals surface area contributed by atoms with Gasteiger partial charge < -0.3 is 29.0 Å². The lowest BCUT2D eigenvalue weighted by Gasteiger charge is -2.37. The number of hydrogen-bond donors (Lipinski definition) is 1. The van der Waals surface area contributed by atoms with Gasteiger partial charge in [0.2, 0.25) is 5.91 Å². The van der Waals surface area contributed by atoms with Crippen molar-refractivity contribution in [2.24, 2.45) is 0 Å².